The number of hydrogen-bond donors (Lipinski definition) is 2. The average Bonchev–Trinajstić information content (AvgIpc) is 3.02. The van der Waals surface area contributed by atoms with Crippen LogP contribution in [0.25, 0.3) is 0 Å². The van der Waals surface area contributed by atoms with Crippen molar-refractivity contribution in [2.24, 2.45) is 10.7 Å². The maximum atomic E-state index is 12.2. The Bertz CT molecular complexity index is 805. The van der Waals surface area contributed by atoms with Gasteiger partial charge in [0, 0.05) is 11.9 Å². The fourth-order valence-corrected chi connectivity index (χ4v) is 2.63. The Morgan fingerprint density at radius 2 is 2.16 bits per heavy atom. The van der Waals surface area contributed by atoms with Gasteiger partial charge in [0.2, 0.25) is 0 Å². The lowest BCUT2D eigenvalue weighted by molar-refractivity contribution is 0.102. The minimum atomic E-state index is -0.263. The lowest BCUT2D eigenvalue weighted by Crippen LogP contribution is -2.14. The molecule has 1 aromatic heterocycles. The Hall–Kier alpha value is -2.60. The number of ether oxygens (including phenoxy) is 1. The molecule has 3 rings (SSSR count). The number of aromatic nitrogens is 1. The molecule has 0 unspecified atom stereocenters. The maximum Gasteiger partial charge on any atom is 0.282 e. The van der Waals surface area contributed by atoms with Crippen LogP contribution in [0, 0.1) is 6.92 Å². The average molecular weight is 359 g/mol. The number of benzene rings is 1. The standard InChI is InChI=1S/C18H19ClN4O2/c1-11-8-16(21-9-15(11)19)17(24)22-13-5-2-12(3-6-13)4-7-14-10-25-18(20)23-14/h2-3,5-6,8-9,14H,4,7,10H2,1H3,(H2,20,23)(H,22,24)/t14-/m0/s1. The molecular formula is C18H19ClN4O2. The van der Waals surface area contributed by atoms with Crippen molar-refractivity contribution >= 4 is 29.2 Å². The fraction of sp³-hybridized carbons (Fsp3) is 0.278. The van der Waals surface area contributed by atoms with Crippen molar-refractivity contribution in [1.29, 1.82) is 0 Å². The lowest BCUT2D eigenvalue weighted by Gasteiger charge is -2.08. The molecule has 0 fully saturated rings. The fourth-order valence-electron chi connectivity index (χ4n) is 2.53. The van der Waals surface area contributed by atoms with Crippen molar-refractivity contribution in [2.75, 3.05) is 11.9 Å². The zero-order chi connectivity index (χ0) is 17.8. The highest BCUT2D eigenvalue weighted by Gasteiger charge is 2.16. The van der Waals surface area contributed by atoms with E-state index in [4.69, 9.17) is 22.1 Å². The first-order chi connectivity index (χ1) is 12.0. The summed E-state index contributed by atoms with van der Waals surface area (Å²) in [4.78, 5) is 20.5. The molecule has 2 heterocycles. The number of nitrogens with zero attached hydrogens (tertiary/aromatic N) is 2. The summed E-state index contributed by atoms with van der Waals surface area (Å²) in [5, 5.41) is 3.37. The minimum Gasteiger partial charge on any atom is -0.463 e. The molecule has 0 spiro atoms. The quantitative estimate of drug-likeness (QED) is 0.859. The van der Waals surface area contributed by atoms with Crippen molar-refractivity contribution < 1.29 is 9.53 Å². The van der Waals surface area contributed by atoms with Crippen molar-refractivity contribution in [3.63, 3.8) is 0 Å². The zero-order valence-electron chi connectivity index (χ0n) is 13.8. The van der Waals surface area contributed by atoms with Gasteiger partial charge in [-0.25, -0.2) is 9.98 Å². The van der Waals surface area contributed by atoms with E-state index in [9.17, 15) is 4.79 Å². The van der Waals surface area contributed by atoms with Gasteiger partial charge in [-0.15, -0.1) is 0 Å². The summed E-state index contributed by atoms with van der Waals surface area (Å²) in [6.45, 7) is 2.39. The molecule has 7 heteroatoms. The van der Waals surface area contributed by atoms with E-state index in [1.165, 1.54) is 11.8 Å². The van der Waals surface area contributed by atoms with Crippen LogP contribution >= 0.6 is 11.6 Å². The summed E-state index contributed by atoms with van der Waals surface area (Å²) in [6, 6.07) is 9.78. The summed E-state index contributed by atoms with van der Waals surface area (Å²) < 4.78 is 5.14. The second-order valence-corrected chi connectivity index (χ2v) is 6.35. The molecule has 1 aliphatic heterocycles. The van der Waals surface area contributed by atoms with Crippen LogP contribution in [0.2, 0.25) is 5.02 Å². The molecule has 1 aliphatic rings. The largest absolute Gasteiger partial charge is 0.463 e. The summed E-state index contributed by atoms with van der Waals surface area (Å²) in [5.74, 6) is -0.263. The van der Waals surface area contributed by atoms with Crippen LogP contribution in [0.5, 0.6) is 0 Å². The molecule has 3 N–H and O–H groups in total. The molecule has 0 saturated heterocycles. The predicted molar refractivity (Wildman–Crippen MR) is 98.1 cm³/mol. The Morgan fingerprint density at radius 3 is 2.80 bits per heavy atom. The second kappa shape index (κ2) is 7.53. The van der Waals surface area contributed by atoms with Gasteiger partial charge in [-0.05, 0) is 49.1 Å². The Kier molecular flexibility index (Phi) is 5.19. The Balaban J connectivity index is 1.56. The number of anilines is 1. The molecule has 0 radical (unpaired) electrons. The number of rotatable bonds is 5. The Morgan fingerprint density at radius 1 is 1.40 bits per heavy atom. The predicted octanol–water partition coefficient (Wildman–Crippen LogP) is 2.94. The maximum absolute atomic E-state index is 12.2. The summed E-state index contributed by atoms with van der Waals surface area (Å²) in [5.41, 5.74) is 8.54. The number of carbonyl (C=O) groups is 1. The normalized spacial score (nSPS) is 16.2. The molecule has 2 aromatic rings. The molecular weight excluding hydrogens is 340 g/mol. The molecule has 0 saturated carbocycles. The van der Waals surface area contributed by atoms with E-state index >= 15 is 0 Å². The first-order valence-corrected chi connectivity index (χ1v) is 8.37. The lowest BCUT2D eigenvalue weighted by atomic mass is 10.1. The number of carbonyl (C=O) groups excluding carboxylic acids is 1. The SMILES string of the molecule is Cc1cc(C(=O)Nc2ccc(CC[C@H]3COC(N)=N3)cc2)ncc1Cl. The molecule has 6 nitrogen and oxygen atoms in total. The van der Waals surface area contributed by atoms with E-state index in [-0.39, 0.29) is 18.0 Å². The molecule has 1 amide bonds. The van der Waals surface area contributed by atoms with Gasteiger partial charge in [0.05, 0.1) is 11.1 Å². The number of amides is 1. The molecule has 1 atom stereocenters. The first-order valence-electron chi connectivity index (χ1n) is 8.00. The van der Waals surface area contributed by atoms with Crippen molar-refractivity contribution in [2.45, 2.75) is 25.8 Å². The topological polar surface area (TPSA) is 89.6 Å². The Labute approximate surface area is 151 Å². The van der Waals surface area contributed by atoms with Gasteiger partial charge >= 0.3 is 0 Å². The number of pyridine rings is 1. The summed E-state index contributed by atoms with van der Waals surface area (Å²) in [7, 11) is 0. The number of aryl methyl sites for hydroxylation is 2. The molecule has 130 valence electrons. The highest BCUT2D eigenvalue weighted by atomic mass is 35.5. The molecule has 1 aromatic carbocycles. The second-order valence-electron chi connectivity index (χ2n) is 5.94. The van der Waals surface area contributed by atoms with Gasteiger partial charge < -0.3 is 15.8 Å². The van der Waals surface area contributed by atoms with Crippen LogP contribution in [0.1, 0.15) is 28.0 Å². The highest BCUT2D eigenvalue weighted by molar-refractivity contribution is 6.31. The molecule has 0 bridgehead atoms. The van der Waals surface area contributed by atoms with Crippen LogP contribution in [0.15, 0.2) is 41.5 Å². The number of amidine groups is 1. The molecule has 0 aliphatic carbocycles. The summed E-state index contributed by atoms with van der Waals surface area (Å²) >= 11 is 5.93. The molecule has 25 heavy (non-hydrogen) atoms. The minimum absolute atomic E-state index is 0.124. The number of nitrogens with one attached hydrogen (secondary N) is 1. The number of aliphatic imine (C=N–C) groups is 1. The van der Waals surface area contributed by atoms with E-state index in [1.807, 2.05) is 31.2 Å². The van der Waals surface area contributed by atoms with E-state index in [0.717, 1.165) is 24.1 Å². The van der Waals surface area contributed by atoms with Crippen LogP contribution in [-0.4, -0.2) is 29.6 Å². The van der Waals surface area contributed by atoms with Crippen LogP contribution in [0.3, 0.4) is 0 Å². The first kappa shape index (κ1) is 17.2. The van der Waals surface area contributed by atoms with E-state index in [2.05, 4.69) is 15.3 Å². The highest BCUT2D eigenvalue weighted by Crippen LogP contribution is 2.17. The number of hydrogen-bond acceptors (Lipinski definition) is 5. The van der Waals surface area contributed by atoms with Gasteiger partial charge in [-0.1, -0.05) is 23.7 Å². The van der Waals surface area contributed by atoms with E-state index < -0.39 is 0 Å². The van der Waals surface area contributed by atoms with Gasteiger partial charge in [-0.3, -0.25) is 4.79 Å². The monoisotopic (exact) mass is 358 g/mol. The zero-order valence-corrected chi connectivity index (χ0v) is 14.6. The van der Waals surface area contributed by atoms with E-state index in [1.54, 1.807) is 6.07 Å². The van der Waals surface area contributed by atoms with E-state index in [0.29, 0.717) is 17.3 Å². The number of halogens is 1. The third kappa shape index (κ3) is 4.48. The third-order valence-corrected chi connectivity index (χ3v) is 4.39. The summed E-state index contributed by atoms with van der Waals surface area (Å²) in [6.07, 6.45) is 3.23. The van der Waals surface area contributed by atoms with Gasteiger partial charge in [0.25, 0.3) is 11.9 Å². The van der Waals surface area contributed by atoms with Crippen LogP contribution in [-0.2, 0) is 11.2 Å². The van der Waals surface area contributed by atoms with Gasteiger partial charge in [-0.2, -0.15) is 0 Å². The van der Waals surface area contributed by atoms with Crippen LogP contribution < -0.4 is 11.1 Å². The van der Waals surface area contributed by atoms with Crippen molar-refractivity contribution in [1.82, 2.24) is 4.98 Å². The van der Waals surface area contributed by atoms with Gasteiger partial charge in [0.1, 0.15) is 12.3 Å². The number of nitrogens with two attached hydrogens (primary N) is 1. The third-order valence-electron chi connectivity index (χ3n) is 3.99. The smallest absolute Gasteiger partial charge is 0.282 e. The van der Waals surface area contributed by atoms with Gasteiger partial charge in [0.15, 0.2) is 0 Å². The van der Waals surface area contributed by atoms with Crippen molar-refractivity contribution in [3.8, 4) is 0 Å². The van der Waals surface area contributed by atoms with Crippen LogP contribution in [0.4, 0.5) is 5.69 Å². The van der Waals surface area contributed by atoms with Crippen molar-refractivity contribution in [3.05, 3.63) is 58.4 Å².